The molecule has 0 bridgehead atoms. The molecule has 6 heteroatoms. The summed E-state index contributed by atoms with van der Waals surface area (Å²) in [4.78, 5) is 34.7. The monoisotopic (exact) mass is 300 g/mol. The van der Waals surface area contributed by atoms with Crippen LogP contribution in [0.5, 0.6) is 0 Å². The van der Waals surface area contributed by atoms with Gasteiger partial charge in [-0.1, -0.05) is 20.8 Å². The third-order valence-electron chi connectivity index (χ3n) is 4.07. The number of likely N-dealkylation sites (tertiary alicyclic amines) is 1. The van der Waals surface area contributed by atoms with E-state index in [9.17, 15) is 9.59 Å². The van der Waals surface area contributed by atoms with Gasteiger partial charge in [-0.2, -0.15) is 0 Å². The molecule has 2 aromatic rings. The number of imidazole rings is 1. The maximum atomic E-state index is 12.6. The van der Waals surface area contributed by atoms with Crippen molar-refractivity contribution >= 4 is 17.6 Å². The van der Waals surface area contributed by atoms with Crippen molar-refractivity contribution < 1.29 is 9.59 Å². The molecule has 0 saturated carbocycles. The minimum absolute atomic E-state index is 0.0868. The smallest absolute Gasteiger partial charge is 0.236 e. The summed E-state index contributed by atoms with van der Waals surface area (Å²) >= 11 is 0. The quantitative estimate of drug-likeness (QED) is 0.810. The number of carbonyl (C=O) groups is 2. The second kappa shape index (κ2) is 5.19. The molecule has 1 aliphatic heterocycles. The van der Waals surface area contributed by atoms with Gasteiger partial charge in [0.15, 0.2) is 0 Å². The molecule has 1 saturated heterocycles. The first-order valence-corrected chi connectivity index (χ1v) is 7.52. The molecular weight excluding hydrogens is 280 g/mol. The Morgan fingerprint density at radius 2 is 2.14 bits per heavy atom. The van der Waals surface area contributed by atoms with Crippen molar-refractivity contribution in [1.82, 2.24) is 19.3 Å². The molecule has 1 aliphatic rings. The summed E-state index contributed by atoms with van der Waals surface area (Å²) in [6.07, 6.45) is 6.32. The van der Waals surface area contributed by atoms with E-state index in [1.807, 2.05) is 19.2 Å². The average molecular weight is 300 g/mol. The Morgan fingerprint density at radius 3 is 2.82 bits per heavy atom. The highest BCUT2D eigenvalue weighted by molar-refractivity contribution is 6.05. The van der Waals surface area contributed by atoms with E-state index < -0.39 is 5.41 Å². The van der Waals surface area contributed by atoms with E-state index >= 15 is 0 Å². The molecule has 0 spiro atoms. The molecule has 3 rings (SSSR count). The molecule has 22 heavy (non-hydrogen) atoms. The first-order chi connectivity index (χ1) is 10.4. The topological polar surface area (TPSA) is 67.6 Å². The molecule has 0 aromatic carbocycles. The first kappa shape index (κ1) is 14.7. The molecule has 0 radical (unpaired) electrons. The highest BCUT2D eigenvalue weighted by Crippen LogP contribution is 2.38. The molecular formula is C16H20N4O2. The lowest BCUT2D eigenvalue weighted by Gasteiger charge is -2.23. The fourth-order valence-corrected chi connectivity index (χ4v) is 3.28. The Kier molecular flexibility index (Phi) is 3.47. The molecule has 0 aliphatic carbocycles. The lowest BCUT2D eigenvalue weighted by Crippen LogP contribution is -2.34. The molecule has 2 amide bonds. The summed E-state index contributed by atoms with van der Waals surface area (Å²) in [5.74, 6) is 0.747. The van der Waals surface area contributed by atoms with E-state index in [-0.39, 0.29) is 24.8 Å². The minimum Gasteiger partial charge on any atom is -0.291 e. The Balaban J connectivity index is 1.83. The van der Waals surface area contributed by atoms with Gasteiger partial charge in [-0.15, -0.1) is 0 Å². The number of imide groups is 1. The maximum Gasteiger partial charge on any atom is 0.236 e. The zero-order chi connectivity index (χ0) is 15.9. The standard InChI is InChI=1S/C16H20N4O2/c1-11(2)7-16(3)8-13(21)20(14(16)22)10-12-9-19-6-4-5-17-15(19)18-12/h4-6,9,11H,7-8,10H2,1-3H3/t16-/m1/s1. The fraction of sp³-hybridized carbons (Fsp3) is 0.500. The molecule has 3 heterocycles. The predicted molar refractivity (Wildman–Crippen MR) is 80.7 cm³/mol. The lowest BCUT2D eigenvalue weighted by molar-refractivity contribution is -0.142. The van der Waals surface area contributed by atoms with E-state index in [4.69, 9.17) is 0 Å². The molecule has 2 aromatic heterocycles. The number of amides is 2. The van der Waals surface area contributed by atoms with Crippen LogP contribution in [0.2, 0.25) is 0 Å². The highest BCUT2D eigenvalue weighted by Gasteiger charge is 2.48. The van der Waals surface area contributed by atoms with Crippen molar-refractivity contribution in [2.45, 2.75) is 40.2 Å². The number of carbonyl (C=O) groups excluding carboxylic acids is 2. The van der Waals surface area contributed by atoms with Crippen LogP contribution in [-0.2, 0) is 16.1 Å². The number of hydrogen-bond donors (Lipinski definition) is 0. The molecule has 0 N–H and O–H groups in total. The van der Waals surface area contributed by atoms with Crippen LogP contribution in [0.15, 0.2) is 24.7 Å². The van der Waals surface area contributed by atoms with Gasteiger partial charge in [0.1, 0.15) is 0 Å². The minimum atomic E-state index is -0.581. The zero-order valence-electron chi connectivity index (χ0n) is 13.1. The van der Waals surface area contributed by atoms with E-state index in [0.29, 0.717) is 17.4 Å². The van der Waals surface area contributed by atoms with Gasteiger partial charge >= 0.3 is 0 Å². The van der Waals surface area contributed by atoms with E-state index in [0.717, 1.165) is 6.42 Å². The van der Waals surface area contributed by atoms with Gasteiger partial charge in [0.05, 0.1) is 17.7 Å². The maximum absolute atomic E-state index is 12.6. The van der Waals surface area contributed by atoms with Crippen LogP contribution < -0.4 is 0 Å². The molecule has 1 fully saturated rings. The van der Waals surface area contributed by atoms with Gasteiger partial charge < -0.3 is 0 Å². The lowest BCUT2D eigenvalue weighted by atomic mass is 9.80. The van der Waals surface area contributed by atoms with Crippen LogP contribution in [0, 0.1) is 11.3 Å². The SMILES string of the molecule is CC(C)C[C@]1(C)CC(=O)N(Cc2cn3cccnc3n2)C1=O. The zero-order valence-corrected chi connectivity index (χ0v) is 13.1. The predicted octanol–water partition coefficient (Wildman–Crippen LogP) is 2.04. The van der Waals surface area contributed by atoms with Crippen molar-refractivity contribution in [1.29, 1.82) is 0 Å². The molecule has 116 valence electrons. The van der Waals surface area contributed by atoms with Crippen molar-refractivity contribution in [3.05, 3.63) is 30.4 Å². The normalized spacial score (nSPS) is 22.3. The fourth-order valence-electron chi connectivity index (χ4n) is 3.28. The van der Waals surface area contributed by atoms with Crippen LogP contribution in [0.1, 0.15) is 39.3 Å². The second-order valence-electron chi connectivity index (χ2n) is 6.68. The van der Waals surface area contributed by atoms with Gasteiger partial charge in [0.2, 0.25) is 17.6 Å². The van der Waals surface area contributed by atoms with Crippen LogP contribution in [0.3, 0.4) is 0 Å². The second-order valence-corrected chi connectivity index (χ2v) is 6.68. The summed E-state index contributed by atoms with van der Waals surface area (Å²) in [6, 6.07) is 1.81. The van der Waals surface area contributed by atoms with Crippen LogP contribution in [-0.4, -0.2) is 31.1 Å². The summed E-state index contributed by atoms with van der Waals surface area (Å²) in [5, 5.41) is 0. The Bertz CT molecular complexity index is 704. The van der Waals surface area contributed by atoms with Gasteiger partial charge in [-0.05, 0) is 18.4 Å². The summed E-state index contributed by atoms with van der Waals surface area (Å²) < 4.78 is 1.79. The van der Waals surface area contributed by atoms with Crippen LogP contribution in [0.4, 0.5) is 0 Å². The number of rotatable bonds is 4. The van der Waals surface area contributed by atoms with Crippen molar-refractivity contribution in [3.63, 3.8) is 0 Å². The van der Waals surface area contributed by atoms with Crippen LogP contribution >= 0.6 is 0 Å². The molecule has 1 atom stereocenters. The Hall–Kier alpha value is -2.24. The first-order valence-electron chi connectivity index (χ1n) is 7.52. The Morgan fingerprint density at radius 1 is 1.36 bits per heavy atom. The van der Waals surface area contributed by atoms with Gasteiger partial charge in [0.25, 0.3) is 0 Å². The van der Waals surface area contributed by atoms with Crippen molar-refractivity contribution in [3.8, 4) is 0 Å². The van der Waals surface area contributed by atoms with E-state index in [2.05, 4.69) is 23.8 Å². The Labute approximate surface area is 129 Å². The summed E-state index contributed by atoms with van der Waals surface area (Å²) in [7, 11) is 0. The molecule has 0 unspecified atom stereocenters. The number of fused-ring (bicyclic) bond motifs is 1. The largest absolute Gasteiger partial charge is 0.291 e. The van der Waals surface area contributed by atoms with Crippen LogP contribution in [0.25, 0.3) is 5.78 Å². The van der Waals surface area contributed by atoms with Crippen molar-refractivity contribution in [2.24, 2.45) is 11.3 Å². The number of nitrogens with zero attached hydrogens (tertiary/aromatic N) is 4. The van der Waals surface area contributed by atoms with Crippen molar-refractivity contribution in [2.75, 3.05) is 0 Å². The summed E-state index contributed by atoms with van der Waals surface area (Å²) in [5.41, 5.74) is 0.0945. The van der Waals surface area contributed by atoms with Gasteiger partial charge in [-0.3, -0.25) is 18.9 Å². The number of aromatic nitrogens is 3. The van der Waals surface area contributed by atoms with E-state index in [1.54, 1.807) is 16.8 Å². The summed E-state index contributed by atoms with van der Waals surface area (Å²) in [6.45, 7) is 6.24. The number of hydrogen-bond acceptors (Lipinski definition) is 4. The third-order valence-corrected chi connectivity index (χ3v) is 4.07. The molecule has 6 nitrogen and oxygen atoms in total. The average Bonchev–Trinajstić information content (AvgIpc) is 2.92. The highest BCUT2D eigenvalue weighted by atomic mass is 16.2. The van der Waals surface area contributed by atoms with E-state index in [1.165, 1.54) is 4.90 Å². The van der Waals surface area contributed by atoms with Gasteiger partial charge in [0, 0.05) is 25.0 Å². The van der Waals surface area contributed by atoms with Gasteiger partial charge in [-0.25, -0.2) is 9.97 Å². The third kappa shape index (κ3) is 2.49.